The second-order valence-electron chi connectivity index (χ2n) is 5.42. The number of hydrogen-bond acceptors (Lipinski definition) is 2. The molecule has 1 amide bonds. The van der Waals surface area contributed by atoms with E-state index in [1.807, 2.05) is 20.8 Å². The maximum absolute atomic E-state index is 11.7. The van der Waals surface area contributed by atoms with Crippen LogP contribution in [0.1, 0.15) is 40.0 Å². The highest BCUT2D eigenvalue weighted by Crippen LogP contribution is 2.27. The maximum Gasteiger partial charge on any atom is 0.246 e. The molecule has 2 unspecified atom stereocenters. The molecule has 1 N–H and O–H groups in total. The largest absolute Gasteiger partial charge is 0.366 e. The second kappa shape index (κ2) is 6.01. The summed E-state index contributed by atoms with van der Waals surface area (Å²) in [5, 5.41) is 4.03. The van der Waals surface area contributed by atoms with E-state index in [9.17, 15) is 4.79 Å². The van der Waals surface area contributed by atoms with Gasteiger partial charge >= 0.3 is 0 Å². The molecule has 0 aromatic heterocycles. The van der Waals surface area contributed by atoms with Crippen LogP contribution >= 0.6 is 15.9 Å². The maximum atomic E-state index is 11.7. The fraction of sp³-hybridized carbons (Fsp3) is 0.917. The average Bonchev–Trinajstić information content (AvgIpc) is 2.61. The van der Waals surface area contributed by atoms with Crippen LogP contribution in [0.25, 0.3) is 0 Å². The Hall–Kier alpha value is -0.0900. The summed E-state index contributed by atoms with van der Waals surface area (Å²) >= 11 is 3.49. The minimum atomic E-state index is -0.248. The molecule has 1 aliphatic rings. The van der Waals surface area contributed by atoms with Gasteiger partial charge in [0.1, 0.15) is 6.61 Å². The predicted molar refractivity (Wildman–Crippen MR) is 68.8 cm³/mol. The Morgan fingerprint density at radius 3 is 2.69 bits per heavy atom. The molecule has 0 aromatic rings. The molecule has 1 fully saturated rings. The van der Waals surface area contributed by atoms with Crippen LogP contribution in [0.5, 0.6) is 0 Å². The van der Waals surface area contributed by atoms with Crippen LogP contribution in [0.15, 0.2) is 0 Å². The van der Waals surface area contributed by atoms with E-state index in [1.54, 1.807) is 0 Å². The number of hydrogen-bond donors (Lipinski definition) is 1. The predicted octanol–water partition coefficient (Wildman–Crippen LogP) is 2.48. The Morgan fingerprint density at radius 1 is 1.44 bits per heavy atom. The van der Waals surface area contributed by atoms with Crippen molar-refractivity contribution in [2.45, 2.75) is 51.7 Å². The molecule has 0 aliphatic heterocycles. The fourth-order valence-corrected chi connectivity index (χ4v) is 2.72. The van der Waals surface area contributed by atoms with Crippen molar-refractivity contribution in [3.8, 4) is 0 Å². The van der Waals surface area contributed by atoms with Gasteiger partial charge in [0, 0.05) is 11.4 Å². The van der Waals surface area contributed by atoms with E-state index in [-0.39, 0.29) is 18.1 Å². The third-order valence-electron chi connectivity index (χ3n) is 2.84. The highest BCUT2D eigenvalue weighted by molar-refractivity contribution is 9.09. The van der Waals surface area contributed by atoms with Gasteiger partial charge in [0.15, 0.2) is 0 Å². The first-order valence-corrected chi connectivity index (χ1v) is 7.04. The fourth-order valence-electron chi connectivity index (χ4n) is 1.94. The van der Waals surface area contributed by atoms with E-state index in [4.69, 9.17) is 4.74 Å². The second-order valence-corrected chi connectivity index (χ2v) is 6.07. The number of ether oxygens (including phenoxy) is 1. The minimum absolute atomic E-state index is 0.00720. The molecule has 1 aliphatic carbocycles. The van der Waals surface area contributed by atoms with Gasteiger partial charge in [-0.05, 0) is 39.5 Å². The molecule has 0 bridgehead atoms. The van der Waals surface area contributed by atoms with Crippen LogP contribution in [0.2, 0.25) is 0 Å². The summed E-state index contributed by atoms with van der Waals surface area (Å²) in [5.41, 5.74) is -0.248. The van der Waals surface area contributed by atoms with Gasteiger partial charge in [0.2, 0.25) is 5.91 Å². The third kappa shape index (κ3) is 4.83. The highest BCUT2D eigenvalue weighted by atomic mass is 79.9. The SMILES string of the molecule is CC(C)(C)OCC(=O)NC1CCCC1CBr. The number of halogens is 1. The van der Waals surface area contributed by atoms with E-state index in [0.717, 1.165) is 11.8 Å². The van der Waals surface area contributed by atoms with Gasteiger partial charge in [0.05, 0.1) is 5.60 Å². The van der Waals surface area contributed by atoms with Crippen molar-refractivity contribution in [1.29, 1.82) is 0 Å². The van der Waals surface area contributed by atoms with E-state index in [2.05, 4.69) is 21.2 Å². The number of alkyl halides is 1. The zero-order valence-corrected chi connectivity index (χ0v) is 12.0. The number of rotatable bonds is 4. The lowest BCUT2D eigenvalue weighted by Gasteiger charge is -2.22. The molecule has 1 rings (SSSR count). The van der Waals surface area contributed by atoms with E-state index in [1.165, 1.54) is 12.8 Å². The quantitative estimate of drug-likeness (QED) is 0.808. The Labute approximate surface area is 106 Å². The summed E-state index contributed by atoms with van der Waals surface area (Å²) < 4.78 is 5.45. The zero-order chi connectivity index (χ0) is 12.2. The molecule has 0 radical (unpaired) electrons. The lowest BCUT2D eigenvalue weighted by atomic mass is 10.1. The van der Waals surface area contributed by atoms with Crippen molar-refractivity contribution in [2.24, 2.45) is 5.92 Å². The van der Waals surface area contributed by atoms with Crippen molar-refractivity contribution < 1.29 is 9.53 Å². The summed E-state index contributed by atoms with van der Waals surface area (Å²) in [4.78, 5) is 11.7. The summed E-state index contributed by atoms with van der Waals surface area (Å²) in [5.74, 6) is 0.589. The van der Waals surface area contributed by atoms with Crippen LogP contribution in [0.4, 0.5) is 0 Å². The molecule has 0 spiro atoms. The lowest BCUT2D eigenvalue weighted by molar-refractivity contribution is -0.131. The first kappa shape index (κ1) is 14.0. The third-order valence-corrected chi connectivity index (χ3v) is 3.67. The van der Waals surface area contributed by atoms with Crippen molar-refractivity contribution in [2.75, 3.05) is 11.9 Å². The lowest BCUT2D eigenvalue weighted by Crippen LogP contribution is -2.41. The van der Waals surface area contributed by atoms with Gasteiger partial charge in [-0.3, -0.25) is 4.79 Å². The first-order valence-electron chi connectivity index (χ1n) is 5.91. The van der Waals surface area contributed by atoms with Crippen molar-refractivity contribution in [3.63, 3.8) is 0 Å². The molecule has 4 heteroatoms. The molecular formula is C12H22BrNO2. The molecule has 3 nitrogen and oxygen atoms in total. The number of carbonyl (C=O) groups excluding carboxylic acids is 1. The van der Waals surface area contributed by atoms with Gasteiger partial charge < -0.3 is 10.1 Å². The molecule has 1 saturated carbocycles. The van der Waals surface area contributed by atoms with Crippen LogP contribution in [0.3, 0.4) is 0 Å². The Bertz CT molecular complexity index is 238. The number of nitrogens with one attached hydrogen (secondary N) is 1. The Morgan fingerprint density at radius 2 is 2.12 bits per heavy atom. The van der Waals surface area contributed by atoms with E-state index < -0.39 is 0 Å². The summed E-state index contributed by atoms with van der Waals surface area (Å²) in [7, 11) is 0. The van der Waals surface area contributed by atoms with E-state index >= 15 is 0 Å². The molecule has 94 valence electrons. The van der Waals surface area contributed by atoms with Crippen molar-refractivity contribution in [3.05, 3.63) is 0 Å². The van der Waals surface area contributed by atoms with Gasteiger partial charge in [-0.1, -0.05) is 22.4 Å². The molecule has 16 heavy (non-hydrogen) atoms. The summed E-state index contributed by atoms with van der Waals surface area (Å²) in [6.45, 7) is 6.03. The molecule has 0 aromatic carbocycles. The monoisotopic (exact) mass is 291 g/mol. The van der Waals surface area contributed by atoms with Crippen LogP contribution in [-0.2, 0) is 9.53 Å². The van der Waals surface area contributed by atoms with Gasteiger partial charge in [-0.25, -0.2) is 0 Å². The van der Waals surface area contributed by atoms with Gasteiger partial charge in [0.25, 0.3) is 0 Å². The molecule has 0 saturated heterocycles. The van der Waals surface area contributed by atoms with Crippen molar-refractivity contribution >= 4 is 21.8 Å². The van der Waals surface area contributed by atoms with E-state index in [0.29, 0.717) is 12.0 Å². The highest BCUT2D eigenvalue weighted by Gasteiger charge is 2.27. The minimum Gasteiger partial charge on any atom is -0.366 e. The number of amides is 1. The van der Waals surface area contributed by atoms with Crippen LogP contribution in [0, 0.1) is 5.92 Å². The molecule has 0 heterocycles. The first-order chi connectivity index (χ1) is 7.42. The summed E-state index contributed by atoms with van der Waals surface area (Å²) in [6.07, 6.45) is 3.51. The normalized spacial score (nSPS) is 25.8. The Kier molecular flexibility index (Phi) is 5.25. The molecule has 2 atom stereocenters. The molecular weight excluding hydrogens is 270 g/mol. The number of carbonyl (C=O) groups is 1. The van der Waals surface area contributed by atoms with Gasteiger partial charge in [-0.15, -0.1) is 0 Å². The Balaban J connectivity index is 2.28. The topological polar surface area (TPSA) is 38.3 Å². The zero-order valence-electron chi connectivity index (χ0n) is 10.4. The van der Waals surface area contributed by atoms with Gasteiger partial charge in [-0.2, -0.15) is 0 Å². The smallest absolute Gasteiger partial charge is 0.246 e. The average molecular weight is 292 g/mol. The van der Waals surface area contributed by atoms with Crippen LogP contribution in [-0.4, -0.2) is 29.5 Å². The standard InChI is InChI=1S/C12H22BrNO2/c1-12(2,3)16-8-11(15)14-10-6-4-5-9(10)7-13/h9-10H,4-8H2,1-3H3,(H,14,15). The van der Waals surface area contributed by atoms with Crippen molar-refractivity contribution in [1.82, 2.24) is 5.32 Å². The summed E-state index contributed by atoms with van der Waals surface area (Å²) in [6, 6.07) is 0.329. The van der Waals surface area contributed by atoms with Crippen LogP contribution < -0.4 is 5.32 Å².